The van der Waals surface area contributed by atoms with Gasteiger partial charge in [-0.2, -0.15) is 4.57 Å². The van der Waals surface area contributed by atoms with Crippen LogP contribution in [-0.4, -0.2) is 4.98 Å². The molecule has 0 saturated heterocycles. The number of hydrogen-bond donors (Lipinski definition) is 1. The predicted octanol–water partition coefficient (Wildman–Crippen LogP) is 1.16. The van der Waals surface area contributed by atoms with Crippen LogP contribution in [-0.2, 0) is 0 Å². The second kappa shape index (κ2) is 6.57. The quantitative estimate of drug-likeness (QED) is 0.811. The van der Waals surface area contributed by atoms with Gasteiger partial charge in [-0.3, -0.25) is 0 Å². The van der Waals surface area contributed by atoms with E-state index in [9.17, 15) is 0 Å². The molecule has 0 radical (unpaired) electrons. The van der Waals surface area contributed by atoms with Gasteiger partial charge >= 0.3 is 0 Å². The summed E-state index contributed by atoms with van der Waals surface area (Å²) in [6.45, 7) is 13.3. The minimum Gasteiger partial charge on any atom is -1.00 e. The molecular formula is C17H25BrN2. The highest BCUT2D eigenvalue weighted by atomic mass is 79.9. The molecule has 20 heavy (non-hydrogen) atoms. The number of para-hydroxylation sites is 1. The molecule has 2 rings (SSSR count). The largest absolute Gasteiger partial charge is 1.00 e. The van der Waals surface area contributed by atoms with Crippen LogP contribution in [0, 0.1) is 13.8 Å². The van der Waals surface area contributed by atoms with Crippen LogP contribution >= 0.6 is 0 Å². The van der Waals surface area contributed by atoms with Gasteiger partial charge in [0, 0.05) is 25.0 Å². The number of nitrogens with zero attached hydrogens (tertiary/aromatic N) is 1. The summed E-state index contributed by atoms with van der Waals surface area (Å²) >= 11 is 0. The van der Waals surface area contributed by atoms with Crippen LogP contribution in [0.25, 0.3) is 5.69 Å². The number of aromatic amines is 1. The van der Waals surface area contributed by atoms with Crippen molar-refractivity contribution in [2.24, 2.45) is 0 Å². The molecule has 0 fully saturated rings. The third-order valence-electron chi connectivity index (χ3n) is 3.90. The first-order valence-corrected chi connectivity index (χ1v) is 7.12. The van der Waals surface area contributed by atoms with E-state index in [2.05, 4.69) is 75.6 Å². The van der Waals surface area contributed by atoms with Crippen molar-refractivity contribution in [2.75, 3.05) is 0 Å². The van der Waals surface area contributed by atoms with Crippen molar-refractivity contribution in [3.8, 4) is 5.69 Å². The highest BCUT2D eigenvalue weighted by Gasteiger charge is 2.22. The minimum atomic E-state index is 0. The summed E-state index contributed by atoms with van der Waals surface area (Å²) in [5.41, 5.74) is 6.70. The average Bonchev–Trinajstić information content (AvgIpc) is 2.68. The van der Waals surface area contributed by atoms with Crippen molar-refractivity contribution >= 4 is 0 Å². The molecule has 1 aromatic heterocycles. The number of aromatic nitrogens is 2. The molecule has 0 aliphatic heterocycles. The molecule has 110 valence electrons. The second-order valence-corrected chi connectivity index (χ2v) is 5.95. The second-order valence-electron chi connectivity index (χ2n) is 5.95. The molecule has 0 saturated carbocycles. The van der Waals surface area contributed by atoms with Crippen molar-refractivity contribution < 1.29 is 21.5 Å². The van der Waals surface area contributed by atoms with Crippen LogP contribution in [0.15, 0.2) is 24.5 Å². The molecule has 0 amide bonds. The number of rotatable bonds is 3. The zero-order valence-electron chi connectivity index (χ0n) is 13.3. The van der Waals surface area contributed by atoms with E-state index in [1.807, 2.05) is 0 Å². The fourth-order valence-corrected chi connectivity index (χ4v) is 2.57. The summed E-state index contributed by atoms with van der Waals surface area (Å²) in [6.07, 6.45) is 2.08. The van der Waals surface area contributed by atoms with Gasteiger partial charge < -0.3 is 17.0 Å². The Kier molecular flexibility index (Phi) is 5.58. The zero-order valence-corrected chi connectivity index (χ0v) is 14.9. The lowest BCUT2D eigenvalue weighted by Crippen LogP contribution is -3.00. The van der Waals surface area contributed by atoms with E-state index in [4.69, 9.17) is 0 Å². The lowest BCUT2D eigenvalue weighted by atomic mass is 9.92. The Morgan fingerprint density at radius 2 is 1.45 bits per heavy atom. The summed E-state index contributed by atoms with van der Waals surface area (Å²) in [7, 11) is 0. The van der Waals surface area contributed by atoms with Gasteiger partial charge in [-0.05, 0) is 11.8 Å². The van der Waals surface area contributed by atoms with Crippen molar-refractivity contribution in [2.45, 2.75) is 53.4 Å². The average molecular weight is 337 g/mol. The molecule has 0 aliphatic carbocycles. The summed E-state index contributed by atoms with van der Waals surface area (Å²) in [6, 6.07) is 6.69. The summed E-state index contributed by atoms with van der Waals surface area (Å²) in [5.74, 6) is 1.05. The SMILES string of the molecule is Cc1[nH]c[n+](-c2c(C(C)C)cccc2C(C)C)c1C.[Br-]. The topological polar surface area (TPSA) is 19.7 Å². The Morgan fingerprint density at radius 1 is 0.950 bits per heavy atom. The van der Waals surface area contributed by atoms with Crippen LogP contribution in [0.2, 0.25) is 0 Å². The highest BCUT2D eigenvalue weighted by molar-refractivity contribution is 5.45. The molecule has 2 aromatic rings. The lowest BCUT2D eigenvalue weighted by Gasteiger charge is -2.17. The predicted molar refractivity (Wildman–Crippen MR) is 80.0 cm³/mol. The van der Waals surface area contributed by atoms with E-state index in [-0.39, 0.29) is 17.0 Å². The summed E-state index contributed by atoms with van der Waals surface area (Å²) in [4.78, 5) is 3.33. The summed E-state index contributed by atoms with van der Waals surface area (Å²) in [5, 5.41) is 0. The van der Waals surface area contributed by atoms with Crippen LogP contribution < -0.4 is 21.5 Å². The number of nitrogens with one attached hydrogen (secondary N) is 1. The number of benzene rings is 1. The third kappa shape index (κ3) is 2.98. The van der Waals surface area contributed by atoms with E-state index in [1.165, 1.54) is 28.2 Å². The zero-order chi connectivity index (χ0) is 14.2. The summed E-state index contributed by atoms with van der Waals surface area (Å²) < 4.78 is 2.31. The molecule has 0 spiro atoms. The van der Waals surface area contributed by atoms with E-state index in [1.54, 1.807) is 0 Å². The molecular weight excluding hydrogens is 312 g/mol. The Balaban J connectivity index is 0.00000200. The normalized spacial score (nSPS) is 11.0. The van der Waals surface area contributed by atoms with E-state index < -0.39 is 0 Å². The number of hydrogen-bond acceptors (Lipinski definition) is 0. The first-order chi connectivity index (χ1) is 8.93. The number of H-pyrrole nitrogens is 1. The lowest BCUT2D eigenvalue weighted by molar-refractivity contribution is -0.602. The first-order valence-electron chi connectivity index (χ1n) is 7.12. The molecule has 2 nitrogen and oxygen atoms in total. The van der Waals surface area contributed by atoms with Gasteiger partial charge in [-0.15, -0.1) is 0 Å². The Labute approximate surface area is 133 Å². The van der Waals surface area contributed by atoms with Gasteiger partial charge in [0.1, 0.15) is 17.1 Å². The Bertz CT molecular complexity index is 556. The van der Waals surface area contributed by atoms with Crippen LogP contribution in [0.4, 0.5) is 0 Å². The van der Waals surface area contributed by atoms with Crippen LogP contribution in [0.5, 0.6) is 0 Å². The molecule has 1 N–H and O–H groups in total. The van der Waals surface area contributed by atoms with Crippen molar-refractivity contribution in [1.29, 1.82) is 0 Å². The van der Waals surface area contributed by atoms with Gasteiger partial charge in [0.05, 0.1) is 0 Å². The van der Waals surface area contributed by atoms with Crippen LogP contribution in [0.1, 0.15) is 62.0 Å². The number of halogens is 1. The Morgan fingerprint density at radius 3 is 1.80 bits per heavy atom. The maximum Gasteiger partial charge on any atom is 0.247 e. The maximum atomic E-state index is 3.33. The molecule has 0 aliphatic rings. The molecule has 3 heteroatoms. The fraction of sp³-hybridized carbons (Fsp3) is 0.471. The van der Waals surface area contributed by atoms with Gasteiger partial charge in [-0.25, -0.2) is 4.98 Å². The van der Waals surface area contributed by atoms with Crippen molar-refractivity contribution in [3.05, 3.63) is 47.0 Å². The van der Waals surface area contributed by atoms with Crippen molar-refractivity contribution in [1.82, 2.24) is 4.98 Å². The van der Waals surface area contributed by atoms with Gasteiger partial charge in [-0.1, -0.05) is 45.9 Å². The van der Waals surface area contributed by atoms with Crippen LogP contribution in [0.3, 0.4) is 0 Å². The van der Waals surface area contributed by atoms with E-state index in [0.717, 1.165) is 0 Å². The van der Waals surface area contributed by atoms with E-state index >= 15 is 0 Å². The number of aryl methyl sites for hydroxylation is 1. The fourth-order valence-electron chi connectivity index (χ4n) is 2.57. The number of imidazole rings is 1. The molecule has 0 bridgehead atoms. The molecule has 1 aromatic carbocycles. The minimum absolute atomic E-state index is 0. The van der Waals surface area contributed by atoms with Gasteiger partial charge in [0.25, 0.3) is 0 Å². The van der Waals surface area contributed by atoms with Crippen molar-refractivity contribution in [3.63, 3.8) is 0 Å². The molecule has 0 unspecified atom stereocenters. The smallest absolute Gasteiger partial charge is 0.247 e. The maximum absolute atomic E-state index is 3.33. The first kappa shape index (κ1) is 17.0. The Hall–Kier alpha value is -1.09. The van der Waals surface area contributed by atoms with E-state index in [0.29, 0.717) is 11.8 Å². The molecule has 1 heterocycles. The highest BCUT2D eigenvalue weighted by Crippen LogP contribution is 2.28. The third-order valence-corrected chi connectivity index (χ3v) is 3.90. The molecule has 0 atom stereocenters. The standard InChI is InChI=1S/C17H24N2.BrH/c1-11(2)15-8-7-9-16(12(3)4)17(15)19-10-18-13(5)14(19)6;/h7-12H,1-6H3;1H. The van der Waals surface area contributed by atoms with Gasteiger partial charge in [0.2, 0.25) is 6.33 Å². The van der Waals surface area contributed by atoms with Gasteiger partial charge in [0.15, 0.2) is 0 Å². The monoisotopic (exact) mass is 336 g/mol.